The molecule has 0 N–H and O–H groups in total. The van der Waals surface area contributed by atoms with Crippen LogP contribution in [0.15, 0.2) is 12.1 Å². The van der Waals surface area contributed by atoms with Crippen LogP contribution >= 0.6 is 0 Å². The second-order valence-corrected chi connectivity index (χ2v) is 12.4. The number of hydrogen-bond acceptors (Lipinski definition) is 16. The molecule has 0 aliphatic carbocycles. The van der Waals surface area contributed by atoms with Gasteiger partial charge in [-0.1, -0.05) is 19.1 Å². The predicted molar refractivity (Wildman–Crippen MR) is 204 cm³/mol. The maximum atomic E-state index is 12.3. The van der Waals surface area contributed by atoms with Gasteiger partial charge in [0.25, 0.3) is 0 Å². The summed E-state index contributed by atoms with van der Waals surface area (Å²) in [5.41, 5.74) is 2.30. The summed E-state index contributed by atoms with van der Waals surface area (Å²) >= 11 is 0. The van der Waals surface area contributed by atoms with Crippen molar-refractivity contribution in [1.29, 1.82) is 0 Å². The summed E-state index contributed by atoms with van der Waals surface area (Å²) in [6, 6.07) is 3.72. The van der Waals surface area contributed by atoms with E-state index in [1.165, 1.54) is 0 Å². The summed E-state index contributed by atoms with van der Waals surface area (Å²) in [5, 5.41) is 0. The van der Waals surface area contributed by atoms with Gasteiger partial charge in [0.15, 0.2) is 0 Å². The fourth-order valence-corrected chi connectivity index (χ4v) is 5.26. The number of fused-ring (bicyclic) bond motifs is 1. The van der Waals surface area contributed by atoms with Gasteiger partial charge in [-0.15, -0.1) is 0 Å². The van der Waals surface area contributed by atoms with E-state index < -0.39 is 11.9 Å². The molecule has 0 radical (unpaired) electrons. The number of ketones is 1. The van der Waals surface area contributed by atoms with Gasteiger partial charge in [-0.25, -0.2) is 9.59 Å². The molecule has 1 aromatic rings. The Morgan fingerprint density at radius 2 is 0.750 bits per heavy atom. The van der Waals surface area contributed by atoms with E-state index in [-0.39, 0.29) is 5.78 Å². The summed E-state index contributed by atoms with van der Waals surface area (Å²) in [6.07, 6.45) is 3.26. The Morgan fingerprint density at radius 3 is 1.11 bits per heavy atom. The molecule has 1 aliphatic heterocycles. The average molecular weight is 803 g/mol. The van der Waals surface area contributed by atoms with Crippen molar-refractivity contribution in [3.63, 3.8) is 0 Å². The van der Waals surface area contributed by atoms with Crippen LogP contribution in [0.4, 0.5) is 0 Å². The molecule has 16 heteroatoms. The van der Waals surface area contributed by atoms with E-state index in [0.29, 0.717) is 202 Å². The van der Waals surface area contributed by atoms with Crippen molar-refractivity contribution in [1.82, 2.24) is 0 Å². The zero-order chi connectivity index (χ0) is 40.2. The van der Waals surface area contributed by atoms with Crippen molar-refractivity contribution in [3.05, 3.63) is 34.4 Å². The van der Waals surface area contributed by atoms with Gasteiger partial charge < -0.3 is 61.6 Å². The van der Waals surface area contributed by atoms with Gasteiger partial charge in [0.05, 0.1) is 156 Å². The lowest BCUT2D eigenvalue weighted by Gasteiger charge is -2.09. The van der Waals surface area contributed by atoms with E-state index in [0.717, 1.165) is 11.1 Å². The molecule has 0 spiro atoms. The molecule has 0 fully saturated rings. The van der Waals surface area contributed by atoms with E-state index in [4.69, 9.17) is 61.6 Å². The first-order valence-corrected chi connectivity index (χ1v) is 19.9. The maximum Gasteiger partial charge on any atom is 0.347 e. The van der Waals surface area contributed by atoms with Gasteiger partial charge in [0.2, 0.25) is 0 Å². The zero-order valence-electron chi connectivity index (χ0n) is 33.7. The largest absolute Gasteiger partial charge is 0.386 e. The van der Waals surface area contributed by atoms with Crippen molar-refractivity contribution < 1.29 is 76.0 Å². The van der Waals surface area contributed by atoms with Gasteiger partial charge in [0.1, 0.15) is 5.78 Å². The van der Waals surface area contributed by atoms with Crippen LogP contribution in [0.25, 0.3) is 0 Å². The van der Waals surface area contributed by atoms with E-state index in [9.17, 15) is 14.4 Å². The lowest BCUT2D eigenvalue weighted by atomic mass is 9.93. The number of aryl methyl sites for hydroxylation is 2. The monoisotopic (exact) mass is 802 g/mol. The molecule has 322 valence electrons. The fraction of sp³-hybridized carbons (Fsp3) is 0.775. The molecule has 0 aromatic heterocycles. The molecule has 56 heavy (non-hydrogen) atoms. The molecular weight excluding hydrogens is 736 g/mol. The Bertz CT molecular complexity index is 1150. The van der Waals surface area contributed by atoms with Crippen LogP contribution in [-0.4, -0.2) is 177 Å². The summed E-state index contributed by atoms with van der Waals surface area (Å²) in [6.45, 7) is 13.4. The number of ether oxygens (including phenoxy) is 13. The number of esters is 2. The third-order valence-corrected chi connectivity index (χ3v) is 8.15. The van der Waals surface area contributed by atoms with Crippen molar-refractivity contribution in [3.8, 4) is 0 Å². The number of hydrogen-bond donors (Lipinski definition) is 0. The molecular formula is C40H66O16. The molecule has 0 amide bonds. The van der Waals surface area contributed by atoms with Crippen molar-refractivity contribution in [2.24, 2.45) is 0 Å². The van der Waals surface area contributed by atoms with Crippen LogP contribution < -0.4 is 0 Å². The Morgan fingerprint density at radius 1 is 0.446 bits per heavy atom. The smallest absolute Gasteiger partial charge is 0.347 e. The molecule has 0 atom stereocenters. The topological polar surface area (TPSA) is 171 Å². The lowest BCUT2D eigenvalue weighted by Crippen LogP contribution is -2.15. The van der Waals surface area contributed by atoms with Crippen molar-refractivity contribution in [2.45, 2.75) is 45.4 Å². The number of carbonyl (C=O) groups excluding carboxylic acids is 3. The Labute approximate surface area is 332 Å². The van der Waals surface area contributed by atoms with Crippen molar-refractivity contribution >= 4 is 17.7 Å². The lowest BCUT2D eigenvalue weighted by molar-refractivity contribution is -0.119. The third-order valence-electron chi connectivity index (χ3n) is 8.15. The summed E-state index contributed by atoms with van der Waals surface area (Å²) in [4.78, 5) is 36.5. The van der Waals surface area contributed by atoms with Crippen LogP contribution in [0.3, 0.4) is 0 Å². The van der Waals surface area contributed by atoms with Gasteiger partial charge in [-0.05, 0) is 36.8 Å². The van der Waals surface area contributed by atoms with E-state index in [2.05, 4.69) is 0 Å². The van der Waals surface area contributed by atoms with Crippen LogP contribution in [0.2, 0.25) is 0 Å². The second kappa shape index (κ2) is 35.7. The molecule has 0 unspecified atom stereocenters. The Hall–Kier alpha value is -2.45. The fourth-order valence-electron chi connectivity index (χ4n) is 5.26. The first-order valence-electron chi connectivity index (χ1n) is 19.9. The highest BCUT2D eigenvalue weighted by Crippen LogP contribution is 2.28. The average Bonchev–Trinajstić information content (AvgIpc) is 3.51. The van der Waals surface area contributed by atoms with Crippen LogP contribution in [0, 0.1) is 0 Å². The molecule has 2 rings (SSSR count). The standard InChI is InChI=1S/C40H66O16/c1-3-34-9-10-35(38-37(34)39(42)56-40(38)43)6-4-7-36(41)8-5-11-45-14-15-47-18-19-49-22-23-51-26-27-53-30-31-55-33-32-54-29-28-52-25-24-50-21-20-48-17-16-46-13-12-44-2/h9-10H,3-8,11-33H2,1-2H3. The minimum atomic E-state index is -0.593. The molecule has 0 bridgehead atoms. The highest BCUT2D eigenvalue weighted by atomic mass is 16.6. The Balaban J connectivity index is 1.21. The Kier molecular flexibility index (Phi) is 31.7. The maximum absolute atomic E-state index is 12.3. The van der Waals surface area contributed by atoms with Crippen molar-refractivity contribution in [2.75, 3.05) is 159 Å². The van der Waals surface area contributed by atoms with E-state index in [1.54, 1.807) is 7.11 Å². The zero-order valence-corrected chi connectivity index (χ0v) is 33.7. The highest BCUT2D eigenvalue weighted by molar-refractivity contribution is 6.16. The number of Topliss-reactive ketones (excluding diaryl/α,β-unsaturated/α-hetero) is 1. The quantitative estimate of drug-likeness (QED) is 0.0536. The number of benzene rings is 1. The minimum Gasteiger partial charge on any atom is -0.386 e. The van der Waals surface area contributed by atoms with Crippen LogP contribution in [0.1, 0.15) is 64.4 Å². The van der Waals surface area contributed by atoms with Gasteiger partial charge in [-0.2, -0.15) is 0 Å². The number of cyclic esters (lactones) is 2. The minimum absolute atomic E-state index is 0.148. The number of carbonyl (C=O) groups is 3. The SMILES string of the molecule is CCc1ccc(CCCC(=O)CCCOCCOCCOCCOCCOCCOCCOCCOCCOCCOCCOCCOC)c2c1C(=O)OC2=O. The van der Waals surface area contributed by atoms with E-state index in [1.807, 2.05) is 19.1 Å². The van der Waals surface area contributed by atoms with E-state index >= 15 is 0 Å². The molecule has 1 aromatic carbocycles. The first kappa shape index (κ1) is 49.7. The highest BCUT2D eigenvalue weighted by Gasteiger charge is 2.34. The molecule has 16 nitrogen and oxygen atoms in total. The number of methoxy groups -OCH3 is 1. The van der Waals surface area contributed by atoms with Crippen LogP contribution in [-0.2, 0) is 79.2 Å². The predicted octanol–water partition coefficient (Wildman–Crippen LogP) is 3.06. The molecule has 1 heterocycles. The van der Waals surface area contributed by atoms with Crippen LogP contribution in [0.5, 0.6) is 0 Å². The number of rotatable bonds is 42. The summed E-state index contributed by atoms with van der Waals surface area (Å²) < 4.78 is 69.8. The normalized spacial score (nSPS) is 12.5. The van der Waals surface area contributed by atoms with Gasteiger partial charge in [0, 0.05) is 26.6 Å². The van der Waals surface area contributed by atoms with Gasteiger partial charge in [-0.3, -0.25) is 4.79 Å². The first-order chi connectivity index (χ1) is 27.6. The summed E-state index contributed by atoms with van der Waals surface area (Å²) in [5.74, 6) is -1.03. The third kappa shape index (κ3) is 25.0. The molecule has 0 saturated heterocycles. The molecule has 1 aliphatic rings. The second-order valence-electron chi connectivity index (χ2n) is 12.4. The van der Waals surface area contributed by atoms with Gasteiger partial charge >= 0.3 is 11.9 Å². The summed E-state index contributed by atoms with van der Waals surface area (Å²) in [7, 11) is 1.64. The molecule has 0 saturated carbocycles.